The molecule has 0 aromatic heterocycles. The summed E-state index contributed by atoms with van der Waals surface area (Å²) < 4.78 is 42.9. The fourth-order valence-electron chi connectivity index (χ4n) is 2.64. The molecule has 0 heterocycles. The van der Waals surface area contributed by atoms with Crippen LogP contribution in [0.5, 0.6) is 0 Å². The number of halogens is 3. The van der Waals surface area contributed by atoms with Gasteiger partial charge in [0.05, 0.1) is 0 Å². The number of hydrogen-bond acceptors (Lipinski definition) is 3. The van der Waals surface area contributed by atoms with Crippen molar-refractivity contribution in [2.45, 2.75) is 11.8 Å². The van der Waals surface area contributed by atoms with E-state index in [1.165, 1.54) is 36.4 Å². The van der Waals surface area contributed by atoms with E-state index in [2.05, 4.69) is 16.0 Å². The van der Waals surface area contributed by atoms with Crippen molar-refractivity contribution in [2.24, 2.45) is 0 Å². The molecule has 0 fully saturated rings. The van der Waals surface area contributed by atoms with E-state index >= 15 is 0 Å². The molecule has 0 saturated heterocycles. The van der Waals surface area contributed by atoms with Crippen molar-refractivity contribution in [2.75, 3.05) is 16.0 Å². The average molecular weight is 385 g/mol. The summed E-state index contributed by atoms with van der Waals surface area (Å²) in [6.07, 6.45) is -4.96. The van der Waals surface area contributed by atoms with Gasteiger partial charge in [0.25, 0.3) is 11.6 Å². The molecule has 0 saturated carbocycles. The molecule has 0 radical (unpaired) electrons. The van der Waals surface area contributed by atoms with E-state index in [9.17, 15) is 18.0 Å². The van der Waals surface area contributed by atoms with E-state index in [0.717, 1.165) is 0 Å². The maximum absolute atomic E-state index is 14.3. The number of anilines is 3. The molecule has 7 heteroatoms. The van der Waals surface area contributed by atoms with Gasteiger partial charge in [0.15, 0.2) is 0 Å². The molecule has 0 aliphatic carbocycles. The highest BCUT2D eigenvalue weighted by Gasteiger charge is 2.61. The molecule has 0 aliphatic heterocycles. The molecule has 4 nitrogen and oxygen atoms in total. The molecular weight excluding hydrogens is 367 g/mol. The van der Waals surface area contributed by atoms with Crippen LogP contribution < -0.4 is 16.0 Å². The molecule has 1 amide bonds. The molecule has 0 aliphatic rings. The number of carbonyl (C=O) groups excluding carboxylic acids is 1. The SMILES string of the molecule is O=C(Nc1ccccc1)C(Nc1ccccc1)(Nc1ccccc1)C(F)(F)F. The normalized spacial score (nSPS) is 11.5. The minimum Gasteiger partial charge on any atom is -0.347 e. The predicted molar refractivity (Wildman–Crippen MR) is 104 cm³/mol. The Hall–Kier alpha value is -3.48. The number of rotatable bonds is 6. The van der Waals surface area contributed by atoms with E-state index in [0.29, 0.717) is 0 Å². The minimum absolute atomic E-state index is 0.145. The number of alkyl halides is 3. The van der Waals surface area contributed by atoms with Crippen LogP contribution in [0.1, 0.15) is 0 Å². The van der Waals surface area contributed by atoms with Crippen LogP contribution in [-0.4, -0.2) is 17.7 Å². The van der Waals surface area contributed by atoms with E-state index in [1.807, 2.05) is 0 Å². The zero-order valence-electron chi connectivity index (χ0n) is 14.7. The van der Waals surface area contributed by atoms with Gasteiger partial charge in [-0.1, -0.05) is 54.6 Å². The summed E-state index contributed by atoms with van der Waals surface area (Å²) in [5.41, 5.74) is -2.55. The second-order valence-corrected chi connectivity index (χ2v) is 6.05. The first kappa shape index (κ1) is 19.3. The van der Waals surface area contributed by atoms with Crippen molar-refractivity contribution in [1.82, 2.24) is 0 Å². The Bertz CT molecular complexity index is 859. The molecule has 0 bridgehead atoms. The van der Waals surface area contributed by atoms with Crippen molar-refractivity contribution in [3.63, 3.8) is 0 Å². The Morgan fingerprint density at radius 2 is 0.964 bits per heavy atom. The summed E-state index contributed by atoms with van der Waals surface area (Å²) in [5.74, 6) is -1.28. The van der Waals surface area contributed by atoms with E-state index < -0.39 is 17.7 Å². The molecule has 0 spiro atoms. The number of carbonyl (C=O) groups is 1. The number of nitrogens with one attached hydrogen (secondary N) is 3. The highest BCUT2D eigenvalue weighted by atomic mass is 19.4. The lowest BCUT2D eigenvalue weighted by Gasteiger charge is -2.37. The number of amides is 1. The fraction of sp³-hybridized carbons (Fsp3) is 0.0952. The molecule has 144 valence electrons. The van der Waals surface area contributed by atoms with Gasteiger partial charge in [0.1, 0.15) is 0 Å². The zero-order chi connectivity index (χ0) is 20.0. The fourth-order valence-corrected chi connectivity index (χ4v) is 2.64. The Morgan fingerprint density at radius 3 is 1.32 bits per heavy atom. The minimum atomic E-state index is -4.96. The van der Waals surface area contributed by atoms with Crippen molar-refractivity contribution < 1.29 is 18.0 Å². The van der Waals surface area contributed by atoms with Gasteiger partial charge in [0.2, 0.25) is 0 Å². The molecule has 3 rings (SSSR count). The zero-order valence-corrected chi connectivity index (χ0v) is 14.7. The highest BCUT2D eigenvalue weighted by molar-refractivity contribution is 6.02. The van der Waals surface area contributed by atoms with Gasteiger partial charge in [0, 0.05) is 17.1 Å². The topological polar surface area (TPSA) is 53.2 Å². The van der Waals surface area contributed by atoms with Crippen LogP contribution in [0.15, 0.2) is 91.0 Å². The molecule has 0 unspecified atom stereocenters. The lowest BCUT2D eigenvalue weighted by atomic mass is 10.1. The second-order valence-electron chi connectivity index (χ2n) is 6.05. The molecule has 28 heavy (non-hydrogen) atoms. The summed E-state index contributed by atoms with van der Waals surface area (Å²) >= 11 is 0. The second kappa shape index (κ2) is 8.04. The third-order valence-corrected chi connectivity index (χ3v) is 4.01. The van der Waals surface area contributed by atoms with E-state index in [-0.39, 0.29) is 17.1 Å². The standard InChI is InChI=1S/C21H18F3N3O/c22-21(23,24)20(26-17-12-6-2-7-13-17,27-18-14-8-3-9-15-18)19(28)25-16-10-4-1-5-11-16/h1-15,26-27H,(H,25,28). The monoisotopic (exact) mass is 385 g/mol. The van der Waals surface area contributed by atoms with Gasteiger partial charge in [-0.25, -0.2) is 0 Å². The average Bonchev–Trinajstić information content (AvgIpc) is 2.69. The third-order valence-electron chi connectivity index (χ3n) is 4.01. The van der Waals surface area contributed by atoms with Gasteiger partial charge < -0.3 is 16.0 Å². The third kappa shape index (κ3) is 4.25. The van der Waals surface area contributed by atoms with Crippen LogP contribution in [0.3, 0.4) is 0 Å². The quantitative estimate of drug-likeness (QED) is 0.517. The van der Waals surface area contributed by atoms with Gasteiger partial charge in [-0.05, 0) is 36.4 Å². The van der Waals surface area contributed by atoms with Crippen LogP contribution >= 0.6 is 0 Å². The summed E-state index contributed by atoms with van der Waals surface area (Å²) in [5, 5.41) is 7.05. The highest BCUT2D eigenvalue weighted by Crippen LogP contribution is 2.36. The van der Waals surface area contributed by atoms with Crippen LogP contribution in [0, 0.1) is 0 Å². The van der Waals surface area contributed by atoms with Crippen molar-refractivity contribution in [1.29, 1.82) is 0 Å². The lowest BCUT2D eigenvalue weighted by Crippen LogP contribution is -2.65. The molecule has 3 N–H and O–H groups in total. The van der Waals surface area contributed by atoms with E-state index in [4.69, 9.17) is 0 Å². The molecule has 0 atom stereocenters. The number of benzene rings is 3. The largest absolute Gasteiger partial charge is 0.439 e. The lowest BCUT2D eigenvalue weighted by molar-refractivity contribution is -0.176. The predicted octanol–water partition coefficient (Wildman–Crippen LogP) is 5.11. The maximum atomic E-state index is 14.3. The Labute approximate surface area is 160 Å². The Morgan fingerprint density at radius 1 is 0.607 bits per heavy atom. The van der Waals surface area contributed by atoms with Gasteiger partial charge >= 0.3 is 6.18 Å². The first-order valence-electron chi connectivity index (χ1n) is 8.50. The number of hydrogen-bond donors (Lipinski definition) is 3. The molecule has 3 aromatic carbocycles. The van der Waals surface area contributed by atoms with Crippen LogP contribution in [-0.2, 0) is 4.79 Å². The smallest absolute Gasteiger partial charge is 0.347 e. The van der Waals surface area contributed by atoms with Crippen LogP contribution in [0.2, 0.25) is 0 Å². The first-order chi connectivity index (χ1) is 13.4. The summed E-state index contributed by atoms with van der Waals surface area (Å²) in [4.78, 5) is 12.9. The number of para-hydroxylation sites is 3. The van der Waals surface area contributed by atoms with E-state index in [1.54, 1.807) is 54.6 Å². The van der Waals surface area contributed by atoms with Gasteiger partial charge in [-0.3, -0.25) is 4.79 Å². The summed E-state index contributed by atoms with van der Waals surface area (Å²) in [6, 6.07) is 23.5. The van der Waals surface area contributed by atoms with Gasteiger partial charge in [-0.2, -0.15) is 13.2 Å². The first-order valence-corrected chi connectivity index (χ1v) is 8.50. The maximum Gasteiger partial charge on any atom is 0.439 e. The van der Waals surface area contributed by atoms with Crippen LogP contribution in [0.4, 0.5) is 30.2 Å². The van der Waals surface area contributed by atoms with Crippen molar-refractivity contribution >= 4 is 23.0 Å². The summed E-state index contributed by atoms with van der Waals surface area (Å²) in [7, 11) is 0. The van der Waals surface area contributed by atoms with Crippen molar-refractivity contribution in [3.8, 4) is 0 Å². The molecule has 3 aromatic rings. The van der Waals surface area contributed by atoms with Crippen LogP contribution in [0.25, 0.3) is 0 Å². The van der Waals surface area contributed by atoms with Crippen molar-refractivity contribution in [3.05, 3.63) is 91.0 Å². The Kier molecular flexibility index (Phi) is 5.54. The molecular formula is C21H18F3N3O. The Balaban J connectivity index is 2.04. The summed E-state index contributed by atoms with van der Waals surface area (Å²) in [6.45, 7) is 0. The van der Waals surface area contributed by atoms with Gasteiger partial charge in [-0.15, -0.1) is 0 Å².